The summed E-state index contributed by atoms with van der Waals surface area (Å²) >= 11 is 0. The first-order valence-corrected chi connectivity index (χ1v) is 10.7. The normalized spacial score (nSPS) is 12.7. The van der Waals surface area contributed by atoms with E-state index < -0.39 is 6.04 Å². The summed E-state index contributed by atoms with van der Waals surface area (Å²) in [5, 5.41) is 2.99. The Morgan fingerprint density at radius 2 is 1.80 bits per heavy atom. The number of carbonyl (C=O) groups is 2. The molecule has 2 atom stereocenters. The SMILES string of the molecule is CC[C@@H](C)NC(=O)[C@@H](C)N(Cc1cccc(C)c1)C(=O)CCCOc1ccccc1. The maximum absolute atomic E-state index is 13.0. The van der Waals surface area contributed by atoms with Crippen LogP contribution >= 0.6 is 0 Å². The molecule has 0 aliphatic carbocycles. The minimum Gasteiger partial charge on any atom is -0.494 e. The van der Waals surface area contributed by atoms with Crippen LogP contribution in [0.2, 0.25) is 0 Å². The Kier molecular flexibility index (Phi) is 9.39. The second-order valence-corrected chi connectivity index (χ2v) is 7.77. The van der Waals surface area contributed by atoms with E-state index in [2.05, 4.69) is 11.4 Å². The van der Waals surface area contributed by atoms with Gasteiger partial charge in [0.1, 0.15) is 11.8 Å². The summed E-state index contributed by atoms with van der Waals surface area (Å²) in [5.41, 5.74) is 2.15. The van der Waals surface area contributed by atoms with Crippen molar-refractivity contribution in [2.24, 2.45) is 0 Å². The largest absolute Gasteiger partial charge is 0.494 e. The van der Waals surface area contributed by atoms with Gasteiger partial charge in [0.15, 0.2) is 0 Å². The molecule has 30 heavy (non-hydrogen) atoms. The number of rotatable bonds is 11. The topological polar surface area (TPSA) is 58.6 Å². The minimum absolute atomic E-state index is 0.0417. The number of nitrogens with one attached hydrogen (secondary N) is 1. The van der Waals surface area contributed by atoms with Crippen LogP contribution in [0.5, 0.6) is 5.75 Å². The Bertz CT molecular complexity index is 807. The third-order valence-electron chi connectivity index (χ3n) is 5.15. The molecule has 0 aliphatic heterocycles. The number of amides is 2. The van der Waals surface area contributed by atoms with Gasteiger partial charge >= 0.3 is 0 Å². The van der Waals surface area contributed by atoms with Gasteiger partial charge in [0, 0.05) is 19.0 Å². The zero-order valence-electron chi connectivity index (χ0n) is 18.6. The summed E-state index contributed by atoms with van der Waals surface area (Å²) in [6.07, 6.45) is 1.78. The second-order valence-electron chi connectivity index (χ2n) is 7.77. The summed E-state index contributed by atoms with van der Waals surface area (Å²) in [7, 11) is 0. The lowest BCUT2D eigenvalue weighted by atomic mass is 10.1. The van der Waals surface area contributed by atoms with Gasteiger partial charge in [0.25, 0.3) is 0 Å². The Labute approximate surface area is 180 Å². The number of carbonyl (C=O) groups excluding carboxylic acids is 2. The lowest BCUT2D eigenvalue weighted by Crippen LogP contribution is -2.49. The van der Waals surface area contributed by atoms with Crippen molar-refractivity contribution in [1.82, 2.24) is 10.2 Å². The molecule has 162 valence electrons. The molecule has 2 amide bonds. The molecule has 0 bridgehead atoms. The summed E-state index contributed by atoms with van der Waals surface area (Å²) in [6, 6.07) is 17.1. The fourth-order valence-electron chi connectivity index (χ4n) is 3.13. The van der Waals surface area contributed by atoms with Crippen molar-refractivity contribution in [3.05, 3.63) is 65.7 Å². The van der Waals surface area contributed by atoms with E-state index in [9.17, 15) is 9.59 Å². The predicted octanol–water partition coefficient (Wildman–Crippen LogP) is 4.49. The summed E-state index contributed by atoms with van der Waals surface area (Å²) in [4.78, 5) is 27.4. The molecule has 0 aliphatic rings. The van der Waals surface area contributed by atoms with E-state index in [4.69, 9.17) is 4.74 Å². The van der Waals surface area contributed by atoms with Crippen molar-refractivity contribution in [2.45, 2.75) is 65.6 Å². The van der Waals surface area contributed by atoms with Crippen molar-refractivity contribution < 1.29 is 14.3 Å². The van der Waals surface area contributed by atoms with Gasteiger partial charge in [0.2, 0.25) is 11.8 Å². The Balaban J connectivity index is 2.01. The summed E-state index contributed by atoms with van der Waals surface area (Å²) < 4.78 is 5.70. The van der Waals surface area contributed by atoms with Crippen molar-refractivity contribution >= 4 is 11.8 Å². The van der Waals surface area contributed by atoms with Gasteiger partial charge in [-0.3, -0.25) is 9.59 Å². The molecule has 1 N–H and O–H groups in total. The molecule has 0 fully saturated rings. The zero-order valence-corrected chi connectivity index (χ0v) is 18.6. The summed E-state index contributed by atoms with van der Waals surface area (Å²) in [6.45, 7) is 8.69. The van der Waals surface area contributed by atoms with Gasteiger partial charge in [-0.15, -0.1) is 0 Å². The van der Waals surface area contributed by atoms with Crippen LogP contribution in [0, 0.1) is 6.92 Å². The second kappa shape index (κ2) is 12.0. The highest BCUT2D eigenvalue weighted by Crippen LogP contribution is 2.14. The van der Waals surface area contributed by atoms with Gasteiger partial charge in [-0.1, -0.05) is 55.0 Å². The Hall–Kier alpha value is -2.82. The van der Waals surface area contributed by atoms with E-state index >= 15 is 0 Å². The lowest BCUT2D eigenvalue weighted by molar-refractivity contribution is -0.141. The maximum atomic E-state index is 13.0. The average Bonchev–Trinajstić information content (AvgIpc) is 2.75. The van der Waals surface area contributed by atoms with Crippen LogP contribution < -0.4 is 10.1 Å². The number of ether oxygens (including phenoxy) is 1. The van der Waals surface area contributed by atoms with Gasteiger partial charge in [-0.2, -0.15) is 0 Å². The molecule has 0 heterocycles. The smallest absolute Gasteiger partial charge is 0.242 e. The fraction of sp³-hybridized carbons (Fsp3) is 0.440. The maximum Gasteiger partial charge on any atom is 0.242 e. The first-order chi connectivity index (χ1) is 14.4. The molecule has 0 saturated carbocycles. The number of benzene rings is 2. The molecule has 2 aromatic carbocycles. The van der Waals surface area contributed by atoms with Crippen molar-refractivity contribution in [2.75, 3.05) is 6.61 Å². The van der Waals surface area contributed by atoms with Crippen LogP contribution in [0.15, 0.2) is 54.6 Å². The quantitative estimate of drug-likeness (QED) is 0.556. The molecule has 0 radical (unpaired) electrons. The van der Waals surface area contributed by atoms with Gasteiger partial charge in [-0.25, -0.2) is 0 Å². The van der Waals surface area contributed by atoms with Crippen LogP contribution in [0.4, 0.5) is 0 Å². The minimum atomic E-state index is -0.540. The van der Waals surface area contributed by atoms with Crippen molar-refractivity contribution in [1.29, 1.82) is 0 Å². The summed E-state index contributed by atoms with van der Waals surface area (Å²) in [5.74, 6) is 0.633. The van der Waals surface area contributed by atoms with E-state index in [0.29, 0.717) is 26.0 Å². The standard InChI is InChI=1S/C25H34N2O3/c1-5-20(3)26-25(29)21(4)27(18-22-12-9-11-19(2)17-22)24(28)15-10-16-30-23-13-7-6-8-14-23/h6-9,11-14,17,20-21H,5,10,15-16,18H2,1-4H3,(H,26,29)/t20-,21-/m1/s1. The number of aryl methyl sites for hydroxylation is 1. The van der Waals surface area contributed by atoms with Crippen molar-refractivity contribution in [3.8, 4) is 5.75 Å². The highest BCUT2D eigenvalue weighted by molar-refractivity contribution is 5.87. The molecule has 5 nitrogen and oxygen atoms in total. The molecule has 2 rings (SSSR count). The zero-order chi connectivity index (χ0) is 21.9. The molecule has 0 aromatic heterocycles. The molecule has 2 aromatic rings. The average molecular weight is 411 g/mol. The number of hydrogen-bond donors (Lipinski definition) is 1. The third-order valence-corrected chi connectivity index (χ3v) is 5.15. The third kappa shape index (κ3) is 7.54. The first-order valence-electron chi connectivity index (χ1n) is 10.7. The fourth-order valence-corrected chi connectivity index (χ4v) is 3.13. The molecule has 5 heteroatoms. The highest BCUT2D eigenvalue weighted by Gasteiger charge is 2.26. The number of nitrogens with zero attached hydrogens (tertiary/aromatic N) is 1. The first kappa shape index (κ1) is 23.5. The van der Waals surface area contributed by atoms with E-state index in [1.807, 2.05) is 69.3 Å². The molecular formula is C25H34N2O3. The van der Waals surface area contributed by atoms with E-state index in [1.54, 1.807) is 11.8 Å². The van der Waals surface area contributed by atoms with Crippen LogP contribution in [0.1, 0.15) is 51.2 Å². The van der Waals surface area contributed by atoms with Gasteiger partial charge in [-0.05, 0) is 51.3 Å². The lowest BCUT2D eigenvalue weighted by Gasteiger charge is -2.30. The molecule has 0 unspecified atom stereocenters. The predicted molar refractivity (Wildman–Crippen MR) is 120 cm³/mol. The van der Waals surface area contributed by atoms with E-state index in [-0.39, 0.29) is 17.9 Å². The molecular weight excluding hydrogens is 376 g/mol. The van der Waals surface area contributed by atoms with E-state index in [1.165, 1.54) is 0 Å². The van der Waals surface area contributed by atoms with Crippen LogP contribution in [0.25, 0.3) is 0 Å². The van der Waals surface area contributed by atoms with Crippen LogP contribution in [-0.2, 0) is 16.1 Å². The molecule has 0 spiro atoms. The van der Waals surface area contributed by atoms with E-state index in [0.717, 1.165) is 23.3 Å². The van der Waals surface area contributed by atoms with Gasteiger partial charge in [0.05, 0.1) is 6.61 Å². The highest BCUT2D eigenvalue weighted by atomic mass is 16.5. The Morgan fingerprint density at radius 3 is 2.47 bits per heavy atom. The van der Waals surface area contributed by atoms with Crippen LogP contribution in [-0.4, -0.2) is 35.4 Å². The molecule has 0 saturated heterocycles. The monoisotopic (exact) mass is 410 g/mol. The van der Waals surface area contributed by atoms with Crippen LogP contribution in [0.3, 0.4) is 0 Å². The van der Waals surface area contributed by atoms with Crippen molar-refractivity contribution in [3.63, 3.8) is 0 Å². The number of para-hydroxylation sites is 1. The van der Waals surface area contributed by atoms with Gasteiger partial charge < -0.3 is 15.0 Å². The Morgan fingerprint density at radius 1 is 1.07 bits per heavy atom. The number of hydrogen-bond acceptors (Lipinski definition) is 3.